The van der Waals surface area contributed by atoms with Crippen molar-refractivity contribution in [1.29, 1.82) is 0 Å². The van der Waals surface area contributed by atoms with Crippen LogP contribution in [-0.4, -0.2) is 31.3 Å². The maximum Gasteiger partial charge on any atom is 0.155 e. The number of carbonyl (C=O) groups excluding carboxylic acids is 1. The quantitative estimate of drug-likeness (QED) is 0.546. The molecular weight excluding hydrogens is 126 g/mol. The number of ketones is 1. The van der Waals surface area contributed by atoms with E-state index in [1.807, 2.05) is 32.0 Å². The number of rotatable bonds is 4. The Balaban J connectivity index is 3.46. The lowest BCUT2D eigenvalue weighted by Crippen LogP contribution is -2.10. The molecule has 0 amide bonds. The van der Waals surface area contributed by atoms with Crippen LogP contribution in [0.3, 0.4) is 0 Å². The summed E-state index contributed by atoms with van der Waals surface area (Å²) in [5, 5.41) is 0. The Kier molecular flexibility index (Phi) is 4.85. The Labute approximate surface area is 62.5 Å². The second-order valence-corrected chi connectivity index (χ2v) is 2.48. The monoisotopic (exact) mass is 141 g/mol. The molecule has 10 heavy (non-hydrogen) atoms. The van der Waals surface area contributed by atoms with E-state index >= 15 is 0 Å². The van der Waals surface area contributed by atoms with Gasteiger partial charge in [-0.25, -0.2) is 0 Å². The van der Waals surface area contributed by atoms with E-state index in [1.165, 1.54) is 0 Å². The average molecular weight is 141 g/mol. The van der Waals surface area contributed by atoms with Gasteiger partial charge >= 0.3 is 0 Å². The SMILES string of the molecule is CCC(=O)/C=C/CN(C)C. The van der Waals surface area contributed by atoms with E-state index in [2.05, 4.69) is 0 Å². The highest BCUT2D eigenvalue weighted by atomic mass is 16.1. The van der Waals surface area contributed by atoms with Gasteiger partial charge in [-0.2, -0.15) is 0 Å². The van der Waals surface area contributed by atoms with Crippen molar-refractivity contribution in [3.8, 4) is 0 Å². The maximum atomic E-state index is 10.7. The molecule has 0 aliphatic rings. The summed E-state index contributed by atoms with van der Waals surface area (Å²) in [5.74, 6) is 0.196. The Morgan fingerprint density at radius 1 is 1.50 bits per heavy atom. The van der Waals surface area contributed by atoms with Crippen molar-refractivity contribution >= 4 is 5.78 Å². The fourth-order valence-electron chi connectivity index (χ4n) is 0.513. The molecule has 0 aromatic carbocycles. The molecule has 0 atom stereocenters. The third-order valence-electron chi connectivity index (χ3n) is 1.12. The number of hydrogen-bond acceptors (Lipinski definition) is 2. The van der Waals surface area contributed by atoms with Crippen LogP contribution >= 0.6 is 0 Å². The van der Waals surface area contributed by atoms with E-state index in [1.54, 1.807) is 6.08 Å². The van der Waals surface area contributed by atoms with Crippen molar-refractivity contribution in [2.45, 2.75) is 13.3 Å². The molecule has 0 saturated carbocycles. The zero-order chi connectivity index (χ0) is 7.98. The lowest BCUT2D eigenvalue weighted by molar-refractivity contribution is -0.114. The van der Waals surface area contributed by atoms with Crippen LogP contribution < -0.4 is 0 Å². The number of allylic oxidation sites excluding steroid dienone is 1. The van der Waals surface area contributed by atoms with Gasteiger partial charge < -0.3 is 4.90 Å². The largest absolute Gasteiger partial charge is 0.306 e. The van der Waals surface area contributed by atoms with E-state index in [9.17, 15) is 4.79 Å². The Hall–Kier alpha value is -0.630. The molecule has 0 heterocycles. The van der Waals surface area contributed by atoms with Crippen molar-refractivity contribution < 1.29 is 4.79 Å². The summed E-state index contributed by atoms with van der Waals surface area (Å²) in [6.07, 6.45) is 4.12. The lowest BCUT2D eigenvalue weighted by Gasteiger charge is -2.02. The molecule has 0 unspecified atom stereocenters. The van der Waals surface area contributed by atoms with Crippen molar-refractivity contribution in [1.82, 2.24) is 4.90 Å². The number of hydrogen-bond donors (Lipinski definition) is 0. The predicted molar refractivity (Wildman–Crippen MR) is 43.0 cm³/mol. The van der Waals surface area contributed by atoms with Crippen LogP contribution in [0.1, 0.15) is 13.3 Å². The summed E-state index contributed by atoms with van der Waals surface area (Å²) >= 11 is 0. The predicted octanol–water partition coefficient (Wildman–Crippen LogP) is 1.08. The van der Waals surface area contributed by atoms with E-state index < -0.39 is 0 Å². The molecule has 2 heteroatoms. The van der Waals surface area contributed by atoms with E-state index in [0.29, 0.717) is 6.42 Å². The van der Waals surface area contributed by atoms with Crippen LogP contribution in [0.15, 0.2) is 12.2 Å². The highest BCUT2D eigenvalue weighted by Crippen LogP contribution is 1.83. The Morgan fingerprint density at radius 2 is 2.10 bits per heavy atom. The molecule has 0 spiro atoms. The van der Waals surface area contributed by atoms with Crippen molar-refractivity contribution in [3.05, 3.63) is 12.2 Å². The topological polar surface area (TPSA) is 20.3 Å². The second kappa shape index (κ2) is 5.18. The van der Waals surface area contributed by atoms with Gasteiger partial charge in [0, 0.05) is 13.0 Å². The van der Waals surface area contributed by atoms with E-state index in [0.717, 1.165) is 6.54 Å². The normalized spacial score (nSPS) is 11.2. The fourth-order valence-corrected chi connectivity index (χ4v) is 0.513. The van der Waals surface area contributed by atoms with E-state index in [4.69, 9.17) is 0 Å². The minimum Gasteiger partial charge on any atom is -0.306 e. The zero-order valence-electron chi connectivity index (χ0n) is 6.92. The smallest absolute Gasteiger partial charge is 0.155 e. The third kappa shape index (κ3) is 5.51. The van der Waals surface area contributed by atoms with Crippen molar-refractivity contribution in [2.75, 3.05) is 20.6 Å². The maximum absolute atomic E-state index is 10.7. The molecule has 0 saturated heterocycles. The minimum atomic E-state index is 0.196. The standard InChI is InChI=1S/C8H15NO/c1-4-8(10)6-5-7-9(2)3/h5-6H,4,7H2,1-3H3/b6-5+. The highest BCUT2D eigenvalue weighted by Gasteiger charge is 1.88. The summed E-state index contributed by atoms with van der Waals surface area (Å²) in [6, 6.07) is 0. The van der Waals surface area contributed by atoms with Crippen molar-refractivity contribution in [3.63, 3.8) is 0 Å². The summed E-state index contributed by atoms with van der Waals surface area (Å²) in [4.78, 5) is 12.7. The van der Waals surface area contributed by atoms with Gasteiger partial charge in [0.15, 0.2) is 5.78 Å². The number of nitrogens with zero attached hydrogens (tertiary/aromatic N) is 1. The molecule has 0 aliphatic heterocycles. The third-order valence-corrected chi connectivity index (χ3v) is 1.12. The van der Waals surface area contributed by atoms with Crippen molar-refractivity contribution in [2.24, 2.45) is 0 Å². The molecule has 0 bridgehead atoms. The number of carbonyl (C=O) groups is 1. The summed E-state index contributed by atoms with van der Waals surface area (Å²) in [7, 11) is 3.95. The first kappa shape index (κ1) is 9.37. The van der Waals surface area contributed by atoms with Crippen LogP contribution in [0.5, 0.6) is 0 Å². The van der Waals surface area contributed by atoms with Crippen LogP contribution in [-0.2, 0) is 4.79 Å². The van der Waals surface area contributed by atoms with Gasteiger partial charge in [0.25, 0.3) is 0 Å². The molecule has 58 valence electrons. The molecule has 0 fully saturated rings. The van der Waals surface area contributed by atoms with Gasteiger partial charge in [0.2, 0.25) is 0 Å². The molecule has 0 aliphatic carbocycles. The Bertz CT molecular complexity index is 127. The summed E-state index contributed by atoms with van der Waals surface area (Å²) < 4.78 is 0. The van der Waals surface area contributed by atoms with Gasteiger partial charge in [-0.1, -0.05) is 13.0 Å². The van der Waals surface area contributed by atoms with Gasteiger partial charge in [0.05, 0.1) is 0 Å². The molecular formula is C8H15NO. The highest BCUT2D eigenvalue weighted by molar-refractivity contribution is 5.89. The zero-order valence-corrected chi connectivity index (χ0v) is 6.92. The Morgan fingerprint density at radius 3 is 2.50 bits per heavy atom. The van der Waals surface area contributed by atoms with E-state index in [-0.39, 0.29) is 5.78 Å². The average Bonchev–Trinajstić information content (AvgIpc) is 1.87. The second-order valence-electron chi connectivity index (χ2n) is 2.48. The first-order chi connectivity index (χ1) is 4.66. The summed E-state index contributed by atoms with van der Waals surface area (Å²) in [5.41, 5.74) is 0. The fraction of sp³-hybridized carbons (Fsp3) is 0.625. The minimum absolute atomic E-state index is 0.196. The van der Waals surface area contributed by atoms with Crippen LogP contribution in [0.4, 0.5) is 0 Å². The lowest BCUT2D eigenvalue weighted by atomic mass is 10.3. The van der Waals surface area contributed by atoms with Crippen LogP contribution in [0, 0.1) is 0 Å². The first-order valence-electron chi connectivity index (χ1n) is 3.51. The van der Waals surface area contributed by atoms with Gasteiger partial charge in [-0.3, -0.25) is 4.79 Å². The molecule has 2 nitrogen and oxygen atoms in total. The molecule has 0 aromatic rings. The first-order valence-corrected chi connectivity index (χ1v) is 3.51. The van der Waals surface area contributed by atoms with Gasteiger partial charge in [-0.15, -0.1) is 0 Å². The molecule has 0 N–H and O–H groups in total. The van der Waals surface area contributed by atoms with Crippen LogP contribution in [0.25, 0.3) is 0 Å². The van der Waals surface area contributed by atoms with Gasteiger partial charge in [-0.05, 0) is 20.2 Å². The molecule has 0 aromatic heterocycles. The number of likely N-dealkylation sites (N-methyl/N-ethyl adjacent to an activating group) is 1. The molecule has 0 radical (unpaired) electrons. The van der Waals surface area contributed by atoms with Gasteiger partial charge in [0.1, 0.15) is 0 Å². The van der Waals surface area contributed by atoms with Crippen LogP contribution in [0.2, 0.25) is 0 Å². The molecule has 0 rings (SSSR count). The summed E-state index contributed by atoms with van der Waals surface area (Å²) in [6.45, 7) is 2.70.